The first-order valence-electron chi connectivity index (χ1n) is 6.18. The monoisotopic (exact) mass is 353 g/mol. The average Bonchev–Trinajstić information content (AvgIpc) is 2.45. The highest BCUT2D eigenvalue weighted by atomic mass is 31.2. The Bertz CT molecular complexity index is 614. The first-order valence-corrected chi connectivity index (χ1v) is 7.71. The van der Waals surface area contributed by atoms with E-state index in [2.05, 4.69) is 14.5 Å². The Labute approximate surface area is 129 Å². The summed E-state index contributed by atoms with van der Waals surface area (Å²) in [6.45, 7) is -0.436. The van der Waals surface area contributed by atoms with E-state index >= 15 is 0 Å². The van der Waals surface area contributed by atoms with Crippen molar-refractivity contribution < 1.29 is 39.0 Å². The first-order chi connectivity index (χ1) is 10.6. The molecule has 1 aliphatic heterocycles. The van der Waals surface area contributed by atoms with Gasteiger partial charge in [-0.15, -0.1) is 0 Å². The molecule has 23 heavy (non-hydrogen) atoms. The fraction of sp³-hybridized carbons (Fsp3) is 0.556. The van der Waals surface area contributed by atoms with Crippen LogP contribution in [0.3, 0.4) is 0 Å². The standard InChI is InChI=1S/C9H16N5O8P/c10-3-1-12-9(13-7(3)11)14(17)8-6(22-23(18,19)20)5(16)4(15)2-21-8/h1,4-6,8,15-17H,2,10H2,(H2,11,12,13)(H2,18,19,20)/t4-,5-,6-,8?/m1/s1. The lowest BCUT2D eigenvalue weighted by Gasteiger charge is -2.40. The van der Waals surface area contributed by atoms with Gasteiger partial charge in [0, 0.05) is 0 Å². The largest absolute Gasteiger partial charge is 0.470 e. The average molecular weight is 353 g/mol. The summed E-state index contributed by atoms with van der Waals surface area (Å²) in [7, 11) is -5.06. The molecule has 1 aliphatic rings. The molecule has 0 aromatic carbocycles. The van der Waals surface area contributed by atoms with Crippen molar-refractivity contribution in [1.82, 2.24) is 9.97 Å². The third kappa shape index (κ3) is 4.04. The quantitative estimate of drug-likeness (QED) is 0.218. The zero-order valence-corrected chi connectivity index (χ0v) is 12.4. The molecule has 1 aromatic rings. The lowest BCUT2D eigenvalue weighted by molar-refractivity contribution is -0.197. The molecule has 0 saturated carbocycles. The molecule has 9 N–H and O–H groups in total. The van der Waals surface area contributed by atoms with Gasteiger partial charge in [-0.1, -0.05) is 0 Å². The van der Waals surface area contributed by atoms with Gasteiger partial charge in [-0.25, -0.2) is 9.55 Å². The van der Waals surface area contributed by atoms with Crippen LogP contribution < -0.4 is 16.5 Å². The second-order valence-corrected chi connectivity index (χ2v) is 5.89. The molecule has 1 fully saturated rings. The van der Waals surface area contributed by atoms with Gasteiger partial charge >= 0.3 is 7.82 Å². The molecule has 13 nitrogen and oxygen atoms in total. The van der Waals surface area contributed by atoms with Crippen LogP contribution in [0.4, 0.5) is 17.5 Å². The number of hydroxylamine groups is 1. The van der Waals surface area contributed by atoms with Crippen molar-refractivity contribution in [3.63, 3.8) is 0 Å². The van der Waals surface area contributed by atoms with Gasteiger partial charge in [0.05, 0.1) is 18.5 Å². The van der Waals surface area contributed by atoms with Gasteiger partial charge in [0.2, 0.25) is 0 Å². The molecule has 2 rings (SSSR count). The van der Waals surface area contributed by atoms with Crippen molar-refractivity contribution in [2.24, 2.45) is 0 Å². The number of ether oxygens (including phenoxy) is 1. The summed E-state index contributed by atoms with van der Waals surface area (Å²) in [4.78, 5) is 25.1. The van der Waals surface area contributed by atoms with E-state index < -0.39 is 44.9 Å². The zero-order valence-electron chi connectivity index (χ0n) is 11.5. The molecular formula is C9H16N5O8P. The van der Waals surface area contributed by atoms with E-state index in [0.717, 1.165) is 6.20 Å². The predicted molar refractivity (Wildman–Crippen MR) is 73.8 cm³/mol. The van der Waals surface area contributed by atoms with E-state index in [4.69, 9.17) is 26.0 Å². The van der Waals surface area contributed by atoms with E-state index in [1.165, 1.54) is 0 Å². The summed E-state index contributed by atoms with van der Waals surface area (Å²) in [5.41, 5.74) is 11.0. The second kappa shape index (κ2) is 6.51. The van der Waals surface area contributed by atoms with Gasteiger partial charge in [0.15, 0.2) is 12.0 Å². The van der Waals surface area contributed by atoms with Crippen molar-refractivity contribution in [1.29, 1.82) is 0 Å². The Morgan fingerprint density at radius 1 is 1.39 bits per heavy atom. The number of nitrogens with zero attached hydrogens (tertiary/aromatic N) is 3. The van der Waals surface area contributed by atoms with Gasteiger partial charge < -0.3 is 36.2 Å². The van der Waals surface area contributed by atoms with E-state index in [1.54, 1.807) is 0 Å². The minimum absolute atomic E-state index is 0.0465. The van der Waals surface area contributed by atoms with E-state index in [1.807, 2.05) is 0 Å². The fourth-order valence-electron chi connectivity index (χ4n) is 1.88. The lowest BCUT2D eigenvalue weighted by atomic mass is 10.0. The van der Waals surface area contributed by atoms with Crippen LogP contribution in [-0.4, -0.2) is 66.3 Å². The SMILES string of the molecule is Nc1cnc(N(O)C2OC[C@@H](O)[C@@H](O)[C@H]2OP(=O)(O)O)nc1N. The molecule has 1 saturated heterocycles. The minimum Gasteiger partial charge on any atom is -0.394 e. The summed E-state index contributed by atoms with van der Waals surface area (Å²) in [5, 5.41) is 29.7. The van der Waals surface area contributed by atoms with Crippen LogP contribution in [0.1, 0.15) is 0 Å². The van der Waals surface area contributed by atoms with Crippen LogP contribution in [0.2, 0.25) is 0 Å². The normalized spacial score (nSPS) is 28.6. The van der Waals surface area contributed by atoms with E-state index in [0.29, 0.717) is 0 Å². The highest BCUT2D eigenvalue weighted by Gasteiger charge is 2.46. The van der Waals surface area contributed by atoms with Crippen LogP contribution >= 0.6 is 7.82 Å². The second-order valence-electron chi connectivity index (χ2n) is 4.70. The molecule has 14 heteroatoms. The smallest absolute Gasteiger partial charge is 0.394 e. The Balaban J connectivity index is 2.29. The molecule has 1 aromatic heterocycles. The van der Waals surface area contributed by atoms with Crippen LogP contribution in [-0.2, 0) is 13.8 Å². The molecule has 0 amide bonds. The van der Waals surface area contributed by atoms with Gasteiger partial charge in [-0.2, -0.15) is 10.0 Å². The number of phosphoric ester groups is 1. The van der Waals surface area contributed by atoms with Crippen LogP contribution in [0.25, 0.3) is 0 Å². The van der Waals surface area contributed by atoms with Crippen molar-refractivity contribution in [3.8, 4) is 0 Å². The number of nitrogens with two attached hydrogens (primary N) is 2. The molecule has 2 heterocycles. The van der Waals surface area contributed by atoms with Crippen LogP contribution in [0, 0.1) is 0 Å². The molecule has 4 atom stereocenters. The minimum atomic E-state index is -5.06. The maximum Gasteiger partial charge on any atom is 0.470 e. The number of anilines is 3. The maximum absolute atomic E-state index is 11.0. The Morgan fingerprint density at radius 2 is 2.04 bits per heavy atom. The van der Waals surface area contributed by atoms with Crippen LogP contribution in [0.15, 0.2) is 6.20 Å². The molecular weight excluding hydrogens is 337 g/mol. The topological polar surface area (TPSA) is 218 Å². The number of nitrogen functional groups attached to an aromatic ring is 2. The number of aliphatic hydroxyl groups is 2. The zero-order chi connectivity index (χ0) is 17.4. The molecule has 0 spiro atoms. The summed E-state index contributed by atoms with van der Waals surface area (Å²) in [5.74, 6) is -0.567. The maximum atomic E-state index is 11.0. The summed E-state index contributed by atoms with van der Waals surface area (Å²) < 4.78 is 20.5. The Morgan fingerprint density at radius 3 is 2.61 bits per heavy atom. The van der Waals surface area contributed by atoms with Gasteiger partial charge in [0.1, 0.15) is 18.3 Å². The third-order valence-electron chi connectivity index (χ3n) is 2.99. The van der Waals surface area contributed by atoms with Crippen molar-refractivity contribution >= 4 is 25.3 Å². The van der Waals surface area contributed by atoms with Crippen molar-refractivity contribution in [2.45, 2.75) is 24.5 Å². The summed E-state index contributed by atoms with van der Waals surface area (Å²) in [6.07, 6.45) is -5.56. The number of phosphoric acid groups is 1. The third-order valence-corrected chi connectivity index (χ3v) is 3.51. The predicted octanol–water partition coefficient (Wildman–Crippen LogP) is -2.61. The number of hydrogen-bond acceptors (Lipinski definition) is 11. The number of aromatic nitrogens is 2. The summed E-state index contributed by atoms with van der Waals surface area (Å²) >= 11 is 0. The molecule has 0 aliphatic carbocycles. The van der Waals surface area contributed by atoms with Gasteiger partial charge in [-0.05, 0) is 0 Å². The first kappa shape index (κ1) is 17.8. The number of rotatable bonds is 4. The molecule has 130 valence electrons. The Kier molecular flexibility index (Phi) is 5.03. The van der Waals surface area contributed by atoms with E-state index in [9.17, 15) is 20.0 Å². The van der Waals surface area contributed by atoms with Crippen molar-refractivity contribution in [3.05, 3.63) is 6.20 Å². The highest BCUT2D eigenvalue weighted by Crippen LogP contribution is 2.41. The van der Waals surface area contributed by atoms with E-state index in [-0.39, 0.29) is 16.6 Å². The molecule has 1 unspecified atom stereocenters. The van der Waals surface area contributed by atoms with Gasteiger partial charge in [-0.3, -0.25) is 9.73 Å². The molecule has 0 bridgehead atoms. The lowest BCUT2D eigenvalue weighted by Crippen LogP contribution is -2.59. The Hall–Kier alpha value is -1.57. The van der Waals surface area contributed by atoms with Gasteiger partial charge in [0.25, 0.3) is 5.95 Å². The van der Waals surface area contributed by atoms with Crippen LogP contribution in [0.5, 0.6) is 0 Å². The fourth-order valence-corrected chi connectivity index (χ4v) is 2.43. The highest BCUT2D eigenvalue weighted by molar-refractivity contribution is 7.46. The molecule has 0 radical (unpaired) electrons. The number of hydrogen-bond donors (Lipinski definition) is 7. The summed E-state index contributed by atoms with van der Waals surface area (Å²) in [6, 6.07) is 0. The van der Waals surface area contributed by atoms with Crippen molar-refractivity contribution in [2.75, 3.05) is 23.1 Å². The number of aliphatic hydroxyl groups excluding tert-OH is 2.